The third-order valence-electron chi connectivity index (χ3n) is 4.29. The molecule has 0 radical (unpaired) electrons. The van der Waals surface area contributed by atoms with Gasteiger partial charge in [0.2, 0.25) is 5.91 Å². The van der Waals surface area contributed by atoms with Crippen LogP contribution >= 0.6 is 0 Å². The van der Waals surface area contributed by atoms with E-state index in [2.05, 4.69) is 5.32 Å². The molecule has 1 amide bonds. The van der Waals surface area contributed by atoms with Crippen molar-refractivity contribution in [2.75, 3.05) is 34.0 Å². The Morgan fingerprint density at radius 1 is 1.31 bits per heavy atom. The molecule has 2 atom stereocenters. The number of methoxy groups -OCH3 is 2. The monoisotopic (exact) mass is 363 g/mol. The van der Waals surface area contributed by atoms with Crippen LogP contribution in [0.3, 0.4) is 0 Å². The first kappa shape index (κ1) is 20.3. The van der Waals surface area contributed by atoms with E-state index >= 15 is 0 Å². The molecule has 0 bridgehead atoms. The lowest BCUT2D eigenvalue weighted by Crippen LogP contribution is -2.51. The number of allylic oxidation sites excluding steroid dienone is 1. The summed E-state index contributed by atoms with van der Waals surface area (Å²) in [6.07, 6.45) is 3.00. The molecule has 0 aromatic heterocycles. The zero-order valence-corrected chi connectivity index (χ0v) is 16.0. The van der Waals surface area contributed by atoms with Crippen LogP contribution in [0.5, 0.6) is 11.5 Å². The Bertz CT molecular complexity index is 625. The van der Waals surface area contributed by atoms with E-state index in [1.807, 2.05) is 32.1 Å². The van der Waals surface area contributed by atoms with Crippen LogP contribution in [-0.4, -0.2) is 52.1 Å². The summed E-state index contributed by atoms with van der Waals surface area (Å²) in [5.41, 5.74) is 2.02. The highest BCUT2D eigenvalue weighted by Gasteiger charge is 2.28. The number of carbonyl (C=O) groups is 1. The van der Waals surface area contributed by atoms with Gasteiger partial charge in [-0.15, -0.1) is 0 Å². The van der Waals surface area contributed by atoms with Gasteiger partial charge in [-0.3, -0.25) is 4.79 Å². The fourth-order valence-electron chi connectivity index (χ4n) is 2.82. The van der Waals surface area contributed by atoms with E-state index in [1.54, 1.807) is 20.3 Å². The highest BCUT2D eigenvalue weighted by atomic mass is 16.5. The van der Waals surface area contributed by atoms with E-state index in [-0.39, 0.29) is 24.5 Å². The smallest absolute Gasteiger partial charge is 0.224 e. The Kier molecular flexibility index (Phi) is 7.94. The van der Waals surface area contributed by atoms with Crippen molar-refractivity contribution in [1.29, 1.82) is 0 Å². The van der Waals surface area contributed by atoms with Gasteiger partial charge in [0.15, 0.2) is 0 Å². The van der Waals surface area contributed by atoms with Crippen molar-refractivity contribution < 1.29 is 23.7 Å². The first-order chi connectivity index (χ1) is 12.5. The number of benzene rings is 1. The van der Waals surface area contributed by atoms with Gasteiger partial charge < -0.3 is 24.3 Å². The summed E-state index contributed by atoms with van der Waals surface area (Å²) in [4.78, 5) is 12.5. The average molecular weight is 363 g/mol. The molecular formula is C20H29NO5. The molecule has 1 aromatic rings. The second-order valence-electron chi connectivity index (χ2n) is 6.55. The Labute approximate surface area is 155 Å². The average Bonchev–Trinajstić information content (AvgIpc) is 2.63. The Morgan fingerprint density at radius 2 is 2.12 bits per heavy atom. The van der Waals surface area contributed by atoms with Crippen LogP contribution in [0.1, 0.15) is 25.8 Å². The quantitative estimate of drug-likeness (QED) is 0.719. The summed E-state index contributed by atoms with van der Waals surface area (Å²) in [6.45, 7) is 5.73. The van der Waals surface area contributed by atoms with E-state index in [0.29, 0.717) is 31.3 Å². The van der Waals surface area contributed by atoms with Crippen LogP contribution < -0.4 is 14.8 Å². The zero-order chi connectivity index (χ0) is 18.9. The Morgan fingerprint density at radius 3 is 2.81 bits per heavy atom. The molecule has 1 aromatic carbocycles. The molecule has 6 heteroatoms. The van der Waals surface area contributed by atoms with Crippen LogP contribution in [0, 0.1) is 0 Å². The van der Waals surface area contributed by atoms with Crippen LogP contribution in [0.15, 0.2) is 29.8 Å². The van der Waals surface area contributed by atoms with E-state index < -0.39 is 0 Å². The maximum Gasteiger partial charge on any atom is 0.224 e. The Balaban J connectivity index is 1.95. The molecule has 26 heavy (non-hydrogen) atoms. The Hall–Kier alpha value is -2.05. The SMILES string of the molecule is COc1ccc(CC(=O)N[C@H]2COCC[C@H]2OCC=C(C)C)c(OC)c1. The van der Waals surface area contributed by atoms with E-state index in [4.69, 9.17) is 18.9 Å². The van der Waals surface area contributed by atoms with Gasteiger partial charge in [0, 0.05) is 18.2 Å². The van der Waals surface area contributed by atoms with Crippen LogP contribution in [0.25, 0.3) is 0 Å². The van der Waals surface area contributed by atoms with Crippen molar-refractivity contribution in [2.24, 2.45) is 0 Å². The minimum absolute atomic E-state index is 0.0407. The molecule has 1 aliphatic heterocycles. The lowest BCUT2D eigenvalue weighted by molar-refractivity contribution is -0.125. The molecule has 0 aliphatic carbocycles. The second-order valence-corrected chi connectivity index (χ2v) is 6.55. The van der Waals surface area contributed by atoms with Crippen molar-refractivity contribution in [3.8, 4) is 11.5 Å². The second kappa shape index (κ2) is 10.2. The molecule has 0 saturated carbocycles. The predicted octanol–water partition coefficient (Wildman–Crippen LogP) is 2.50. The lowest BCUT2D eigenvalue weighted by Gasteiger charge is -2.32. The molecule has 1 heterocycles. The van der Waals surface area contributed by atoms with E-state index in [9.17, 15) is 4.79 Å². The number of hydrogen-bond donors (Lipinski definition) is 1. The third-order valence-corrected chi connectivity index (χ3v) is 4.29. The molecule has 1 N–H and O–H groups in total. The van der Waals surface area contributed by atoms with Gasteiger partial charge in [0.1, 0.15) is 11.5 Å². The number of ether oxygens (including phenoxy) is 4. The van der Waals surface area contributed by atoms with Crippen molar-refractivity contribution >= 4 is 5.91 Å². The first-order valence-electron chi connectivity index (χ1n) is 8.86. The molecule has 1 fully saturated rings. The van der Waals surface area contributed by atoms with E-state index in [0.717, 1.165) is 12.0 Å². The molecule has 1 aliphatic rings. The summed E-state index contributed by atoms with van der Waals surface area (Å²) in [5, 5.41) is 3.04. The molecular weight excluding hydrogens is 334 g/mol. The minimum Gasteiger partial charge on any atom is -0.497 e. The predicted molar refractivity (Wildman–Crippen MR) is 99.8 cm³/mol. The van der Waals surface area contributed by atoms with E-state index in [1.165, 1.54) is 5.57 Å². The molecule has 1 saturated heterocycles. The standard InChI is InChI=1S/C20H29NO5/c1-14(2)7-10-26-18-8-9-25-13-17(18)21-20(22)11-15-5-6-16(23-3)12-19(15)24-4/h5-7,12,17-18H,8-11,13H2,1-4H3,(H,21,22)/t17-,18+/m0/s1. The summed E-state index contributed by atoms with van der Waals surface area (Å²) in [7, 11) is 3.18. The van der Waals surface area contributed by atoms with Crippen molar-refractivity contribution in [2.45, 2.75) is 38.8 Å². The number of hydrogen-bond acceptors (Lipinski definition) is 5. The topological polar surface area (TPSA) is 66.0 Å². The molecule has 6 nitrogen and oxygen atoms in total. The van der Waals surface area contributed by atoms with Gasteiger partial charge in [0.05, 0.1) is 46.0 Å². The normalized spacial score (nSPS) is 19.5. The fraction of sp³-hybridized carbons (Fsp3) is 0.550. The number of rotatable bonds is 8. The highest BCUT2D eigenvalue weighted by molar-refractivity contribution is 5.79. The van der Waals surface area contributed by atoms with Crippen LogP contribution in [0.4, 0.5) is 0 Å². The summed E-state index contributed by atoms with van der Waals surface area (Å²) >= 11 is 0. The lowest BCUT2D eigenvalue weighted by atomic mass is 10.1. The van der Waals surface area contributed by atoms with Gasteiger partial charge in [-0.2, -0.15) is 0 Å². The van der Waals surface area contributed by atoms with Crippen LogP contribution in [-0.2, 0) is 20.7 Å². The third kappa shape index (κ3) is 6.04. The fourth-order valence-corrected chi connectivity index (χ4v) is 2.82. The summed E-state index contributed by atoms with van der Waals surface area (Å²) in [5.74, 6) is 1.25. The highest BCUT2D eigenvalue weighted by Crippen LogP contribution is 2.25. The van der Waals surface area contributed by atoms with Crippen molar-refractivity contribution in [1.82, 2.24) is 5.32 Å². The van der Waals surface area contributed by atoms with Gasteiger partial charge in [-0.25, -0.2) is 0 Å². The minimum atomic E-state index is -0.147. The largest absolute Gasteiger partial charge is 0.497 e. The van der Waals surface area contributed by atoms with Gasteiger partial charge in [0.25, 0.3) is 0 Å². The molecule has 0 unspecified atom stereocenters. The molecule has 0 spiro atoms. The van der Waals surface area contributed by atoms with Gasteiger partial charge >= 0.3 is 0 Å². The molecule has 2 rings (SSSR count). The zero-order valence-electron chi connectivity index (χ0n) is 16.0. The summed E-state index contributed by atoms with van der Waals surface area (Å²) in [6, 6.07) is 5.29. The van der Waals surface area contributed by atoms with Crippen molar-refractivity contribution in [3.05, 3.63) is 35.4 Å². The molecule has 144 valence electrons. The number of amides is 1. The maximum atomic E-state index is 12.5. The van der Waals surface area contributed by atoms with Crippen LogP contribution in [0.2, 0.25) is 0 Å². The number of nitrogens with one attached hydrogen (secondary N) is 1. The van der Waals surface area contributed by atoms with Crippen molar-refractivity contribution in [3.63, 3.8) is 0 Å². The number of carbonyl (C=O) groups excluding carboxylic acids is 1. The van der Waals surface area contributed by atoms with Gasteiger partial charge in [-0.1, -0.05) is 17.7 Å². The summed E-state index contributed by atoms with van der Waals surface area (Å²) < 4.78 is 22.0. The maximum absolute atomic E-state index is 12.5. The first-order valence-corrected chi connectivity index (χ1v) is 8.86. The van der Waals surface area contributed by atoms with Gasteiger partial charge in [-0.05, 0) is 26.3 Å².